The van der Waals surface area contributed by atoms with Gasteiger partial charge in [-0.1, -0.05) is 24.3 Å². The van der Waals surface area contributed by atoms with Gasteiger partial charge in [0.05, 0.1) is 25.3 Å². The fraction of sp³-hybridized carbons (Fsp3) is 0.200. The molecule has 0 spiro atoms. The monoisotopic (exact) mass is 433 g/mol. The Morgan fingerprint density at radius 2 is 1.56 bits per heavy atom. The molecule has 32 heavy (non-hydrogen) atoms. The second-order valence-corrected chi connectivity index (χ2v) is 7.52. The fourth-order valence-corrected chi connectivity index (χ4v) is 4.15. The highest BCUT2D eigenvalue weighted by Gasteiger charge is 2.35. The number of carbonyl (C=O) groups excluding carboxylic acids is 2. The first-order valence-corrected chi connectivity index (χ1v) is 10.1. The van der Waals surface area contributed by atoms with Crippen molar-refractivity contribution >= 4 is 11.7 Å². The third kappa shape index (κ3) is 3.73. The lowest BCUT2D eigenvalue weighted by atomic mass is 9.75. The van der Waals surface area contributed by atoms with Crippen LogP contribution in [0.15, 0.2) is 54.6 Å². The highest BCUT2D eigenvalue weighted by Crippen LogP contribution is 2.44. The van der Waals surface area contributed by atoms with Gasteiger partial charge in [-0.25, -0.2) is 0 Å². The van der Waals surface area contributed by atoms with E-state index in [1.165, 1.54) is 12.1 Å². The lowest BCUT2D eigenvalue weighted by Gasteiger charge is -2.28. The maximum atomic E-state index is 13.0. The Balaban J connectivity index is 1.61. The molecular formula is C25H23NO6. The lowest BCUT2D eigenvalue weighted by molar-refractivity contribution is -0.121. The van der Waals surface area contributed by atoms with Crippen LogP contribution in [0.5, 0.6) is 23.0 Å². The van der Waals surface area contributed by atoms with Crippen LogP contribution in [-0.4, -0.2) is 36.1 Å². The van der Waals surface area contributed by atoms with Crippen LogP contribution in [0.25, 0.3) is 0 Å². The van der Waals surface area contributed by atoms with Crippen LogP contribution >= 0.6 is 0 Å². The quantitative estimate of drug-likeness (QED) is 0.550. The molecule has 3 aromatic carbocycles. The zero-order chi connectivity index (χ0) is 22.8. The van der Waals surface area contributed by atoms with E-state index in [-0.39, 0.29) is 41.5 Å². The fourth-order valence-electron chi connectivity index (χ4n) is 4.15. The van der Waals surface area contributed by atoms with Crippen molar-refractivity contribution in [2.24, 2.45) is 0 Å². The Kier molecular flexibility index (Phi) is 5.73. The molecule has 1 aliphatic carbocycles. The van der Waals surface area contributed by atoms with E-state index in [0.29, 0.717) is 22.6 Å². The highest BCUT2D eigenvalue weighted by molar-refractivity contribution is 6.16. The second-order valence-electron chi connectivity index (χ2n) is 7.52. The molecule has 0 saturated heterocycles. The summed E-state index contributed by atoms with van der Waals surface area (Å²) in [6, 6.07) is 14.9. The molecule has 0 radical (unpaired) electrons. The number of methoxy groups -OCH3 is 2. The van der Waals surface area contributed by atoms with Crippen molar-refractivity contribution in [3.63, 3.8) is 0 Å². The van der Waals surface area contributed by atoms with Crippen LogP contribution < -0.4 is 14.8 Å². The predicted octanol–water partition coefficient (Wildman–Crippen LogP) is 3.50. The van der Waals surface area contributed by atoms with Crippen molar-refractivity contribution in [3.05, 3.63) is 82.4 Å². The number of fused-ring (bicyclic) bond motifs is 2. The van der Waals surface area contributed by atoms with E-state index in [1.54, 1.807) is 50.6 Å². The molecule has 0 aromatic heterocycles. The van der Waals surface area contributed by atoms with Crippen LogP contribution in [0.1, 0.15) is 45.0 Å². The zero-order valence-electron chi connectivity index (χ0n) is 17.7. The summed E-state index contributed by atoms with van der Waals surface area (Å²) in [4.78, 5) is 25.9. The number of phenols is 2. The van der Waals surface area contributed by atoms with Gasteiger partial charge in [-0.05, 0) is 35.4 Å². The van der Waals surface area contributed by atoms with Crippen LogP contribution in [0.2, 0.25) is 0 Å². The summed E-state index contributed by atoms with van der Waals surface area (Å²) in [6.07, 6.45) is 0.0403. The average Bonchev–Trinajstić information content (AvgIpc) is 2.80. The molecular weight excluding hydrogens is 410 g/mol. The third-order valence-corrected chi connectivity index (χ3v) is 5.71. The van der Waals surface area contributed by atoms with E-state index in [9.17, 15) is 19.8 Å². The summed E-state index contributed by atoms with van der Waals surface area (Å²) < 4.78 is 10.6. The minimum Gasteiger partial charge on any atom is -0.507 e. The van der Waals surface area contributed by atoms with Crippen molar-refractivity contribution in [2.75, 3.05) is 14.2 Å². The van der Waals surface area contributed by atoms with Gasteiger partial charge in [0.15, 0.2) is 0 Å². The summed E-state index contributed by atoms with van der Waals surface area (Å²) in [5.74, 6) is -0.286. The van der Waals surface area contributed by atoms with E-state index in [2.05, 4.69) is 5.32 Å². The maximum Gasteiger partial charge on any atom is 0.221 e. The van der Waals surface area contributed by atoms with E-state index in [4.69, 9.17) is 9.47 Å². The van der Waals surface area contributed by atoms with Crippen LogP contribution in [0.3, 0.4) is 0 Å². The van der Waals surface area contributed by atoms with Crippen LogP contribution in [-0.2, 0) is 11.3 Å². The first-order chi connectivity index (χ1) is 15.4. The van der Waals surface area contributed by atoms with Gasteiger partial charge in [0, 0.05) is 30.5 Å². The number of phenolic OH excluding ortho intramolecular Hbond substituents is 2. The summed E-state index contributed by atoms with van der Waals surface area (Å²) in [6.45, 7) is 0.247. The number of rotatable bonds is 6. The second kappa shape index (κ2) is 8.63. The van der Waals surface area contributed by atoms with Crippen molar-refractivity contribution < 1.29 is 29.3 Å². The highest BCUT2D eigenvalue weighted by atomic mass is 16.5. The molecule has 0 saturated carbocycles. The number of aromatic hydroxyl groups is 2. The average molecular weight is 433 g/mol. The molecule has 0 aliphatic heterocycles. The molecule has 0 heterocycles. The molecule has 1 aliphatic rings. The first-order valence-electron chi connectivity index (χ1n) is 10.1. The van der Waals surface area contributed by atoms with E-state index in [1.807, 2.05) is 6.07 Å². The van der Waals surface area contributed by atoms with Crippen molar-refractivity contribution in [1.29, 1.82) is 0 Å². The number of nitrogens with one attached hydrogen (secondary N) is 1. The summed E-state index contributed by atoms with van der Waals surface area (Å²) >= 11 is 0. The molecule has 0 unspecified atom stereocenters. The van der Waals surface area contributed by atoms with Crippen molar-refractivity contribution in [1.82, 2.24) is 5.32 Å². The van der Waals surface area contributed by atoms with E-state index in [0.717, 1.165) is 5.56 Å². The Labute approximate surface area is 185 Å². The molecule has 0 bridgehead atoms. The largest absolute Gasteiger partial charge is 0.507 e. The van der Waals surface area contributed by atoms with E-state index < -0.39 is 11.7 Å². The predicted molar refractivity (Wildman–Crippen MR) is 117 cm³/mol. The van der Waals surface area contributed by atoms with Gasteiger partial charge < -0.3 is 25.0 Å². The Bertz CT molecular complexity index is 1150. The van der Waals surface area contributed by atoms with E-state index >= 15 is 0 Å². The van der Waals surface area contributed by atoms with Gasteiger partial charge in [0.25, 0.3) is 0 Å². The molecule has 0 atom stereocenters. The summed E-state index contributed by atoms with van der Waals surface area (Å²) in [5.41, 5.74) is 2.15. The Hall–Kier alpha value is -4.00. The van der Waals surface area contributed by atoms with Gasteiger partial charge in [0.2, 0.25) is 11.7 Å². The molecule has 7 heteroatoms. The normalized spacial score (nSPS) is 12.6. The Morgan fingerprint density at radius 1 is 0.938 bits per heavy atom. The lowest BCUT2D eigenvalue weighted by Crippen LogP contribution is -2.28. The number of hydrogen-bond donors (Lipinski definition) is 3. The minimum atomic E-state index is -0.491. The molecule has 0 fully saturated rings. The molecule has 164 valence electrons. The standard InChI is InChI=1S/C25H23NO6/c1-31-15-10-9-14(21(11-15)32-2)13-26-22(29)12-18-16-5-3-7-19(27)23(16)25(30)24-17(18)6-4-8-20(24)28/h3-11,18,27-28H,12-13H2,1-2H3,(H,26,29). The van der Waals surface area contributed by atoms with Gasteiger partial charge in [-0.3, -0.25) is 9.59 Å². The SMILES string of the molecule is COc1ccc(CNC(=O)CC2c3cccc(O)c3C(=O)c3c(O)cccc32)c(OC)c1. The van der Waals surface area contributed by atoms with Crippen LogP contribution in [0.4, 0.5) is 0 Å². The van der Waals surface area contributed by atoms with Gasteiger partial charge in [0.1, 0.15) is 23.0 Å². The Morgan fingerprint density at radius 3 is 2.12 bits per heavy atom. The number of amides is 1. The number of hydrogen-bond acceptors (Lipinski definition) is 6. The van der Waals surface area contributed by atoms with Crippen molar-refractivity contribution in [2.45, 2.75) is 18.9 Å². The van der Waals surface area contributed by atoms with Gasteiger partial charge in [-0.2, -0.15) is 0 Å². The molecule has 7 nitrogen and oxygen atoms in total. The number of benzene rings is 3. The molecule has 4 rings (SSSR count). The third-order valence-electron chi connectivity index (χ3n) is 5.71. The smallest absolute Gasteiger partial charge is 0.221 e. The minimum absolute atomic E-state index is 0.0403. The zero-order valence-corrected chi connectivity index (χ0v) is 17.7. The molecule has 3 aromatic rings. The maximum absolute atomic E-state index is 13.0. The van der Waals surface area contributed by atoms with Crippen LogP contribution in [0, 0.1) is 0 Å². The first kappa shape index (κ1) is 21.2. The topological polar surface area (TPSA) is 105 Å². The summed E-state index contributed by atoms with van der Waals surface area (Å²) in [7, 11) is 3.11. The van der Waals surface area contributed by atoms with Gasteiger partial charge in [-0.15, -0.1) is 0 Å². The molecule has 3 N–H and O–H groups in total. The summed E-state index contributed by atoms with van der Waals surface area (Å²) in [5, 5.41) is 23.5. The van der Waals surface area contributed by atoms with Gasteiger partial charge >= 0.3 is 0 Å². The van der Waals surface area contributed by atoms with Crippen molar-refractivity contribution in [3.8, 4) is 23.0 Å². The number of carbonyl (C=O) groups is 2. The number of ketones is 1. The molecule has 1 amide bonds. The number of ether oxygens (including phenoxy) is 2.